The van der Waals surface area contributed by atoms with Gasteiger partial charge in [0.15, 0.2) is 0 Å². The van der Waals surface area contributed by atoms with Crippen LogP contribution in [0.1, 0.15) is 51.4 Å². The molecule has 0 saturated carbocycles. The third kappa shape index (κ3) is 6.58. The zero-order chi connectivity index (χ0) is 17.4. The van der Waals surface area contributed by atoms with E-state index in [1.54, 1.807) is 0 Å². The molecule has 0 bridgehead atoms. The number of amides is 2. The summed E-state index contributed by atoms with van der Waals surface area (Å²) in [6.07, 6.45) is 6.73. The third-order valence-electron chi connectivity index (χ3n) is 4.65. The summed E-state index contributed by atoms with van der Waals surface area (Å²) in [7, 11) is 0. The monoisotopic (exact) mass is 357 g/mol. The fourth-order valence-corrected chi connectivity index (χ4v) is 4.93. The minimum atomic E-state index is -0.253. The molecule has 0 unspecified atom stereocenters. The maximum absolute atomic E-state index is 11.8. The van der Waals surface area contributed by atoms with Crippen LogP contribution in [0.4, 0.5) is 0 Å². The number of rotatable bonds is 11. The Labute approximate surface area is 148 Å². The smallest absolute Gasteiger partial charge is 0.219 e. The van der Waals surface area contributed by atoms with Gasteiger partial charge in [0.25, 0.3) is 0 Å². The summed E-state index contributed by atoms with van der Waals surface area (Å²) in [6.45, 7) is 0.688. The van der Waals surface area contributed by atoms with Crippen molar-refractivity contribution in [3.05, 3.63) is 0 Å². The van der Waals surface area contributed by atoms with Crippen molar-refractivity contribution >= 4 is 23.6 Å². The van der Waals surface area contributed by atoms with Crippen LogP contribution < -0.4 is 27.4 Å². The zero-order valence-corrected chi connectivity index (χ0v) is 15.1. The Morgan fingerprint density at radius 2 is 1.88 bits per heavy atom. The Morgan fingerprint density at radius 3 is 2.67 bits per heavy atom. The number of hydrogen-bond acceptors (Lipinski definition) is 6. The van der Waals surface area contributed by atoms with Crippen molar-refractivity contribution in [3.8, 4) is 0 Å². The van der Waals surface area contributed by atoms with E-state index < -0.39 is 0 Å². The third-order valence-corrected chi connectivity index (χ3v) is 6.16. The van der Waals surface area contributed by atoms with Crippen molar-refractivity contribution in [1.29, 1.82) is 0 Å². The first-order valence-electron chi connectivity index (χ1n) is 9.00. The minimum absolute atomic E-state index is 0.0721. The lowest BCUT2D eigenvalue weighted by Crippen LogP contribution is -2.43. The second kappa shape index (κ2) is 10.2. The molecule has 8 heteroatoms. The standard InChI is InChI=1S/C16H31N5O2S/c17-13(22)7-2-1-5-9-19-14(23)8-4-3-6-12-15-11(10-24-12)20-16(18)21-15/h11-12,15-16,20-21H,1-10,18H2,(H2,17,22)(H,19,23)/t11-,12-,15-,16-/m0/s1. The number of unbranched alkanes of at least 4 members (excludes halogenated alkanes) is 3. The molecule has 4 atom stereocenters. The van der Waals surface area contributed by atoms with Crippen LogP contribution in [-0.2, 0) is 9.59 Å². The Hall–Kier alpha value is -0.830. The number of nitrogens with two attached hydrogens (primary N) is 2. The van der Waals surface area contributed by atoms with Crippen LogP contribution in [0.5, 0.6) is 0 Å². The lowest BCUT2D eigenvalue weighted by molar-refractivity contribution is -0.121. The number of thioether (sulfide) groups is 1. The molecule has 2 rings (SSSR count). The van der Waals surface area contributed by atoms with Crippen molar-refractivity contribution in [2.24, 2.45) is 11.5 Å². The molecular formula is C16H31N5O2S. The maximum atomic E-state index is 11.8. The highest BCUT2D eigenvalue weighted by molar-refractivity contribution is 8.00. The molecule has 0 aromatic heterocycles. The first kappa shape index (κ1) is 19.5. The van der Waals surface area contributed by atoms with Crippen molar-refractivity contribution in [2.75, 3.05) is 12.3 Å². The van der Waals surface area contributed by atoms with E-state index >= 15 is 0 Å². The van der Waals surface area contributed by atoms with Crippen LogP contribution in [0.3, 0.4) is 0 Å². The van der Waals surface area contributed by atoms with Crippen molar-refractivity contribution in [1.82, 2.24) is 16.0 Å². The molecule has 0 aromatic carbocycles. The van der Waals surface area contributed by atoms with E-state index in [9.17, 15) is 9.59 Å². The second-order valence-electron chi connectivity index (χ2n) is 6.69. The highest BCUT2D eigenvalue weighted by Gasteiger charge is 2.41. The first-order valence-corrected chi connectivity index (χ1v) is 10.1. The van der Waals surface area contributed by atoms with Gasteiger partial charge in [-0.05, 0) is 25.7 Å². The van der Waals surface area contributed by atoms with E-state index in [0.717, 1.165) is 44.3 Å². The normalized spacial score (nSPS) is 28.7. The summed E-state index contributed by atoms with van der Waals surface area (Å²) in [4.78, 5) is 22.4. The lowest BCUT2D eigenvalue weighted by atomic mass is 10.0. The quantitative estimate of drug-likeness (QED) is 0.332. The molecule has 7 nitrogen and oxygen atoms in total. The molecule has 0 aromatic rings. The minimum Gasteiger partial charge on any atom is -0.370 e. The van der Waals surface area contributed by atoms with Crippen LogP contribution in [0, 0.1) is 0 Å². The Morgan fingerprint density at radius 1 is 1.08 bits per heavy atom. The Kier molecular flexibility index (Phi) is 8.31. The van der Waals surface area contributed by atoms with E-state index in [4.69, 9.17) is 11.5 Å². The van der Waals surface area contributed by atoms with Gasteiger partial charge in [-0.2, -0.15) is 11.8 Å². The average Bonchev–Trinajstić information content (AvgIpc) is 3.06. The maximum Gasteiger partial charge on any atom is 0.219 e. The van der Waals surface area contributed by atoms with Gasteiger partial charge in [-0.1, -0.05) is 12.8 Å². The fraction of sp³-hybridized carbons (Fsp3) is 0.875. The predicted octanol–water partition coefficient (Wildman–Crippen LogP) is -0.00360. The summed E-state index contributed by atoms with van der Waals surface area (Å²) >= 11 is 2.00. The van der Waals surface area contributed by atoms with Gasteiger partial charge in [0.05, 0.1) is 0 Å². The van der Waals surface area contributed by atoms with Gasteiger partial charge >= 0.3 is 0 Å². The van der Waals surface area contributed by atoms with Crippen LogP contribution in [0.15, 0.2) is 0 Å². The molecule has 2 heterocycles. The SMILES string of the molecule is NC(=O)CCCCCNC(=O)CCCC[C@@H]1SC[C@@H]2N[C@H](N)N[C@@H]21. The average molecular weight is 358 g/mol. The largest absolute Gasteiger partial charge is 0.370 e. The number of primary amides is 1. The Bertz CT molecular complexity index is 423. The number of carbonyl (C=O) groups is 2. The fourth-order valence-electron chi connectivity index (χ4n) is 3.37. The van der Waals surface area contributed by atoms with Crippen LogP contribution in [-0.4, -0.2) is 47.7 Å². The summed E-state index contributed by atoms with van der Waals surface area (Å²) in [6, 6.07) is 0.965. The number of nitrogens with one attached hydrogen (secondary N) is 3. The molecule has 2 fully saturated rings. The molecular weight excluding hydrogens is 326 g/mol. The molecule has 2 saturated heterocycles. The molecule has 7 N–H and O–H groups in total. The van der Waals surface area contributed by atoms with E-state index in [2.05, 4.69) is 16.0 Å². The van der Waals surface area contributed by atoms with Gasteiger partial charge in [0, 0.05) is 42.5 Å². The van der Waals surface area contributed by atoms with Crippen LogP contribution in [0.2, 0.25) is 0 Å². The second-order valence-corrected chi connectivity index (χ2v) is 7.96. The van der Waals surface area contributed by atoms with Crippen LogP contribution in [0.25, 0.3) is 0 Å². The van der Waals surface area contributed by atoms with Gasteiger partial charge in [-0.3, -0.25) is 20.2 Å². The van der Waals surface area contributed by atoms with Gasteiger partial charge in [0.2, 0.25) is 11.8 Å². The topological polar surface area (TPSA) is 122 Å². The number of carbonyl (C=O) groups excluding carboxylic acids is 2. The van der Waals surface area contributed by atoms with Crippen molar-refractivity contribution in [2.45, 2.75) is 75.0 Å². The molecule has 0 radical (unpaired) electrons. The first-order chi connectivity index (χ1) is 11.6. The molecule has 2 aliphatic rings. The Balaban J connectivity index is 1.44. The van der Waals surface area contributed by atoms with E-state index in [1.807, 2.05) is 11.8 Å². The van der Waals surface area contributed by atoms with E-state index in [0.29, 0.717) is 36.7 Å². The molecule has 24 heavy (non-hydrogen) atoms. The van der Waals surface area contributed by atoms with E-state index in [1.165, 1.54) is 0 Å². The highest BCUT2D eigenvalue weighted by Crippen LogP contribution is 2.33. The van der Waals surface area contributed by atoms with Gasteiger partial charge < -0.3 is 16.8 Å². The lowest BCUT2D eigenvalue weighted by Gasteiger charge is -2.17. The molecule has 138 valence electrons. The van der Waals surface area contributed by atoms with E-state index in [-0.39, 0.29) is 18.1 Å². The summed E-state index contributed by atoms with van der Waals surface area (Å²) in [5.74, 6) is 0.993. The summed E-state index contributed by atoms with van der Waals surface area (Å²) in [5.41, 5.74) is 10.9. The predicted molar refractivity (Wildman–Crippen MR) is 97.2 cm³/mol. The van der Waals surface area contributed by atoms with Crippen molar-refractivity contribution < 1.29 is 9.59 Å². The highest BCUT2D eigenvalue weighted by atomic mass is 32.2. The zero-order valence-electron chi connectivity index (χ0n) is 14.3. The molecule has 2 amide bonds. The van der Waals surface area contributed by atoms with Gasteiger partial charge in [-0.25, -0.2) is 0 Å². The molecule has 0 aliphatic carbocycles. The van der Waals surface area contributed by atoms with Crippen molar-refractivity contribution in [3.63, 3.8) is 0 Å². The summed E-state index contributed by atoms with van der Waals surface area (Å²) in [5, 5.41) is 10.3. The van der Waals surface area contributed by atoms with Crippen LogP contribution >= 0.6 is 11.8 Å². The van der Waals surface area contributed by atoms with Gasteiger partial charge in [0.1, 0.15) is 6.29 Å². The molecule has 0 spiro atoms. The summed E-state index contributed by atoms with van der Waals surface area (Å²) < 4.78 is 0. The number of hydrogen-bond donors (Lipinski definition) is 5. The van der Waals surface area contributed by atoms with Gasteiger partial charge in [-0.15, -0.1) is 0 Å². The number of fused-ring (bicyclic) bond motifs is 1. The molecule has 2 aliphatic heterocycles.